The van der Waals surface area contributed by atoms with Crippen molar-refractivity contribution in [2.75, 3.05) is 13.2 Å². The van der Waals surface area contributed by atoms with Gasteiger partial charge in [-0.2, -0.15) is 0 Å². The topological polar surface area (TPSA) is 77.2 Å². The maximum absolute atomic E-state index is 12.0. The molecule has 6 heteroatoms. The quantitative estimate of drug-likeness (QED) is 0.847. The highest BCUT2D eigenvalue weighted by atomic mass is 32.1. The predicted molar refractivity (Wildman–Crippen MR) is 74.9 cm³/mol. The van der Waals surface area contributed by atoms with Crippen molar-refractivity contribution in [3.8, 4) is 0 Å². The van der Waals surface area contributed by atoms with E-state index in [9.17, 15) is 4.79 Å². The van der Waals surface area contributed by atoms with Crippen molar-refractivity contribution in [2.45, 2.75) is 38.8 Å². The van der Waals surface area contributed by atoms with E-state index in [2.05, 4.69) is 17.2 Å². The monoisotopic (exact) mass is 283 g/mol. The van der Waals surface area contributed by atoms with Gasteiger partial charge in [-0.1, -0.05) is 6.92 Å². The number of carbonyl (C=O) groups excluding carboxylic acids is 1. The second-order valence-electron chi connectivity index (χ2n) is 4.77. The second kappa shape index (κ2) is 6.98. The Balaban J connectivity index is 1.79. The van der Waals surface area contributed by atoms with Crippen LogP contribution in [0, 0.1) is 5.92 Å². The van der Waals surface area contributed by atoms with Crippen molar-refractivity contribution < 1.29 is 9.53 Å². The number of carbonyl (C=O) groups is 1. The van der Waals surface area contributed by atoms with Gasteiger partial charge in [-0.05, 0) is 25.2 Å². The van der Waals surface area contributed by atoms with E-state index in [1.54, 1.807) is 11.3 Å². The van der Waals surface area contributed by atoms with E-state index >= 15 is 0 Å². The Morgan fingerprint density at radius 1 is 1.63 bits per heavy atom. The zero-order valence-electron chi connectivity index (χ0n) is 11.2. The van der Waals surface area contributed by atoms with Crippen LogP contribution in [0.3, 0.4) is 0 Å². The van der Waals surface area contributed by atoms with E-state index in [1.807, 2.05) is 6.20 Å². The number of aromatic nitrogens is 1. The van der Waals surface area contributed by atoms with Crippen molar-refractivity contribution in [3.05, 3.63) is 16.1 Å². The summed E-state index contributed by atoms with van der Waals surface area (Å²) < 4.78 is 5.28. The lowest BCUT2D eigenvalue weighted by Gasteiger charge is -2.26. The number of nitrogens with two attached hydrogens (primary N) is 1. The number of hydrogen-bond acceptors (Lipinski definition) is 5. The normalized spacial score (nSPS) is 18.2. The van der Waals surface area contributed by atoms with Gasteiger partial charge in [-0.3, -0.25) is 4.79 Å². The summed E-state index contributed by atoms with van der Waals surface area (Å²) >= 11 is 1.64. The Morgan fingerprint density at radius 2 is 2.37 bits per heavy atom. The number of hydrogen-bond donors (Lipinski definition) is 2. The molecule has 3 N–H and O–H groups in total. The molecule has 2 rings (SSSR count). The summed E-state index contributed by atoms with van der Waals surface area (Å²) in [5.41, 5.74) is 6.00. The summed E-state index contributed by atoms with van der Waals surface area (Å²) in [7, 11) is 0. The zero-order valence-corrected chi connectivity index (χ0v) is 12.0. The van der Waals surface area contributed by atoms with Gasteiger partial charge >= 0.3 is 0 Å². The van der Waals surface area contributed by atoms with Gasteiger partial charge in [-0.25, -0.2) is 4.98 Å². The molecule has 0 saturated carbocycles. The molecule has 1 aliphatic rings. The predicted octanol–water partition coefficient (Wildman–Crippen LogP) is 1.08. The molecule has 106 valence electrons. The molecule has 1 amide bonds. The molecule has 1 aliphatic heterocycles. The summed E-state index contributed by atoms with van der Waals surface area (Å²) in [6, 6.07) is -0.436. The second-order valence-corrected chi connectivity index (χ2v) is 5.97. The average molecular weight is 283 g/mol. The molecule has 1 aromatic heterocycles. The fraction of sp³-hybridized carbons (Fsp3) is 0.692. The first-order valence-electron chi connectivity index (χ1n) is 6.75. The molecule has 0 aromatic carbocycles. The summed E-state index contributed by atoms with van der Waals surface area (Å²) in [6.07, 6.45) is 4.58. The Kier molecular flexibility index (Phi) is 5.30. The molecule has 19 heavy (non-hydrogen) atoms. The number of thiazole rings is 1. The van der Waals surface area contributed by atoms with Crippen LogP contribution in [0.1, 0.15) is 29.7 Å². The third kappa shape index (κ3) is 3.99. The Hall–Kier alpha value is -0.980. The van der Waals surface area contributed by atoms with E-state index in [-0.39, 0.29) is 11.8 Å². The van der Waals surface area contributed by atoms with Gasteiger partial charge in [0, 0.05) is 24.3 Å². The van der Waals surface area contributed by atoms with Crippen molar-refractivity contribution in [1.82, 2.24) is 10.3 Å². The minimum Gasteiger partial charge on any atom is -0.381 e. The van der Waals surface area contributed by atoms with Crippen molar-refractivity contribution >= 4 is 17.2 Å². The number of nitrogens with zero attached hydrogens (tertiary/aromatic N) is 1. The molecule has 1 atom stereocenters. The molecule has 2 heterocycles. The number of rotatable bonds is 5. The Bertz CT molecular complexity index is 416. The first kappa shape index (κ1) is 14.4. The lowest BCUT2D eigenvalue weighted by molar-refractivity contribution is -0.124. The smallest absolute Gasteiger partial charge is 0.237 e. The first-order valence-corrected chi connectivity index (χ1v) is 7.57. The van der Waals surface area contributed by atoms with Crippen LogP contribution in [0.4, 0.5) is 0 Å². The fourth-order valence-electron chi connectivity index (χ4n) is 2.16. The Morgan fingerprint density at radius 3 is 3.00 bits per heavy atom. The minimum absolute atomic E-state index is 0.0832. The number of ether oxygens (including phenoxy) is 1. The van der Waals surface area contributed by atoms with Gasteiger partial charge in [0.2, 0.25) is 5.91 Å². The molecule has 0 radical (unpaired) electrons. The van der Waals surface area contributed by atoms with Crippen LogP contribution in [-0.4, -0.2) is 30.1 Å². The van der Waals surface area contributed by atoms with Crippen LogP contribution in [-0.2, 0) is 22.5 Å². The minimum atomic E-state index is -0.436. The molecular weight excluding hydrogens is 262 g/mol. The van der Waals surface area contributed by atoms with Crippen LogP contribution < -0.4 is 11.1 Å². The van der Waals surface area contributed by atoms with Gasteiger partial charge < -0.3 is 15.8 Å². The largest absolute Gasteiger partial charge is 0.381 e. The maximum atomic E-state index is 12.0. The van der Waals surface area contributed by atoms with Gasteiger partial charge in [0.15, 0.2) is 0 Å². The van der Waals surface area contributed by atoms with E-state index < -0.39 is 6.04 Å². The molecular formula is C13H21N3O2S. The summed E-state index contributed by atoms with van der Waals surface area (Å²) in [5, 5.41) is 3.81. The highest BCUT2D eigenvalue weighted by molar-refractivity contribution is 7.11. The van der Waals surface area contributed by atoms with E-state index in [0.29, 0.717) is 19.8 Å². The number of amides is 1. The number of aryl methyl sites for hydroxylation is 1. The highest BCUT2D eigenvalue weighted by Crippen LogP contribution is 2.18. The standard InChI is InChI=1S/C13H21N3O2S/c1-2-10-7-15-11(19-10)8-16-13(17)12(14)9-3-5-18-6-4-9/h7,9,12H,2-6,8,14H2,1H3,(H,16,17). The van der Waals surface area contributed by atoms with E-state index in [1.165, 1.54) is 4.88 Å². The van der Waals surface area contributed by atoms with Crippen molar-refractivity contribution in [2.24, 2.45) is 11.7 Å². The zero-order chi connectivity index (χ0) is 13.7. The van der Waals surface area contributed by atoms with Gasteiger partial charge in [0.1, 0.15) is 5.01 Å². The molecule has 0 bridgehead atoms. The summed E-state index contributed by atoms with van der Waals surface area (Å²) in [6.45, 7) is 3.98. The molecule has 0 spiro atoms. The van der Waals surface area contributed by atoms with E-state index in [0.717, 1.165) is 24.3 Å². The van der Waals surface area contributed by atoms with Crippen LogP contribution in [0.5, 0.6) is 0 Å². The fourth-order valence-corrected chi connectivity index (χ4v) is 2.96. The average Bonchev–Trinajstić information content (AvgIpc) is 2.93. The lowest BCUT2D eigenvalue weighted by atomic mass is 9.92. The molecule has 0 aliphatic carbocycles. The third-order valence-corrected chi connectivity index (χ3v) is 4.58. The van der Waals surface area contributed by atoms with Gasteiger partial charge in [0.05, 0.1) is 12.6 Å². The van der Waals surface area contributed by atoms with Crippen molar-refractivity contribution in [1.29, 1.82) is 0 Å². The van der Waals surface area contributed by atoms with Gasteiger partial charge in [-0.15, -0.1) is 11.3 Å². The number of nitrogens with one attached hydrogen (secondary N) is 1. The molecule has 1 fully saturated rings. The Labute approximate surface area is 117 Å². The van der Waals surface area contributed by atoms with Gasteiger partial charge in [0.25, 0.3) is 0 Å². The SMILES string of the molecule is CCc1cnc(CNC(=O)C(N)C2CCOCC2)s1. The van der Waals surface area contributed by atoms with Crippen LogP contribution >= 0.6 is 11.3 Å². The molecule has 1 saturated heterocycles. The molecule has 5 nitrogen and oxygen atoms in total. The summed E-state index contributed by atoms with van der Waals surface area (Å²) in [4.78, 5) is 17.5. The first-order chi connectivity index (χ1) is 9.20. The van der Waals surface area contributed by atoms with Crippen LogP contribution in [0.15, 0.2) is 6.20 Å². The van der Waals surface area contributed by atoms with E-state index in [4.69, 9.17) is 10.5 Å². The van der Waals surface area contributed by atoms with Crippen LogP contribution in [0.25, 0.3) is 0 Å². The summed E-state index contributed by atoms with van der Waals surface area (Å²) in [5.74, 6) is 0.149. The third-order valence-electron chi connectivity index (χ3n) is 3.44. The lowest BCUT2D eigenvalue weighted by Crippen LogP contribution is -2.46. The maximum Gasteiger partial charge on any atom is 0.237 e. The molecule has 1 unspecified atom stereocenters. The molecule has 1 aromatic rings. The van der Waals surface area contributed by atoms with Crippen molar-refractivity contribution in [3.63, 3.8) is 0 Å². The highest BCUT2D eigenvalue weighted by Gasteiger charge is 2.26. The van der Waals surface area contributed by atoms with Crippen LogP contribution in [0.2, 0.25) is 0 Å².